The van der Waals surface area contributed by atoms with E-state index >= 15 is 0 Å². The normalized spacial score (nSPS) is 22.9. The fraction of sp³-hybridized carbons (Fsp3) is 1.00. The van der Waals surface area contributed by atoms with E-state index in [0.29, 0.717) is 5.41 Å². The van der Waals surface area contributed by atoms with Gasteiger partial charge in [-0.1, -0.05) is 27.2 Å². The van der Waals surface area contributed by atoms with E-state index in [1.807, 2.05) is 0 Å². The summed E-state index contributed by atoms with van der Waals surface area (Å²) in [5, 5.41) is 0. The second kappa shape index (κ2) is 7.38. The van der Waals surface area contributed by atoms with Crippen LogP contribution in [0.2, 0.25) is 0 Å². The lowest BCUT2D eigenvalue weighted by Crippen LogP contribution is -2.36. The van der Waals surface area contributed by atoms with Crippen LogP contribution in [-0.4, -0.2) is 31.1 Å². The highest BCUT2D eigenvalue weighted by Gasteiger charge is 2.20. The van der Waals surface area contributed by atoms with E-state index in [4.69, 9.17) is 5.73 Å². The van der Waals surface area contributed by atoms with Crippen molar-refractivity contribution in [3.63, 3.8) is 0 Å². The molecule has 1 rings (SSSR count). The molecule has 1 aliphatic rings. The third-order valence-electron chi connectivity index (χ3n) is 4.33. The largest absolute Gasteiger partial charge is 0.330 e. The molecule has 17 heavy (non-hydrogen) atoms. The molecular weight excluding hydrogens is 208 g/mol. The van der Waals surface area contributed by atoms with Crippen LogP contribution in [-0.2, 0) is 0 Å². The van der Waals surface area contributed by atoms with Gasteiger partial charge >= 0.3 is 0 Å². The molecule has 2 heteroatoms. The van der Waals surface area contributed by atoms with Crippen molar-refractivity contribution in [1.82, 2.24) is 4.90 Å². The molecule has 0 saturated carbocycles. The average Bonchev–Trinajstić information content (AvgIpc) is 2.29. The first-order valence-corrected chi connectivity index (χ1v) is 7.50. The summed E-state index contributed by atoms with van der Waals surface area (Å²) in [4.78, 5) is 2.68. The monoisotopic (exact) mass is 240 g/mol. The van der Waals surface area contributed by atoms with Gasteiger partial charge in [0, 0.05) is 6.54 Å². The van der Waals surface area contributed by atoms with E-state index in [0.717, 1.165) is 18.9 Å². The summed E-state index contributed by atoms with van der Waals surface area (Å²) in [6, 6.07) is 0. The van der Waals surface area contributed by atoms with Gasteiger partial charge in [0.05, 0.1) is 0 Å². The average molecular weight is 240 g/mol. The number of hydrogen-bond acceptors (Lipinski definition) is 2. The molecule has 0 aromatic rings. The smallest absolute Gasteiger partial charge is 0.000956 e. The molecule has 0 bridgehead atoms. The van der Waals surface area contributed by atoms with E-state index in [9.17, 15) is 0 Å². The predicted molar refractivity (Wildman–Crippen MR) is 76.1 cm³/mol. The molecule has 0 spiro atoms. The first kappa shape index (κ1) is 15.0. The zero-order valence-corrected chi connectivity index (χ0v) is 12.2. The summed E-state index contributed by atoms with van der Waals surface area (Å²) in [6.07, 6.45) is 8.02. The summed E-state index contributed by atoms with van der Waals surface area (Å²) < 4.78 is 0. The Morgan fingerprint density at radius 3 is 2.71 bits per heavy atom. The lowest BCUT2D eigenvalue weighted by molar-refractivity contribution is 0.160. The summed E-state index contributed by atoms with van der Waals surface area (Å²) in [7, 11) is 0. The first-order chi connectivity index (χ1) is 8.07. The minimum absolute atomic E-state index is 0.439. The highest BCUT2D eigenvalue weighted by Crippen LogP contribution is 2.26. The lowest BCUT2D eigenvalue weighted by atomic mass is 9.84. The van der Waals surface area contributed by atoms with E-state index in [1.54, 1.807) is 0 Å². The second-order valence-electron chi connectivity index (χ2n) is 6.52. The Balaban J connectivity index is 2.17. The van der Waals surface area contributed by atoms with Crippen molar-refractivity contribution in [2.24, 2.45) is 17.1 Å². The summed E-state index contributed by atoms with van der Waals surface area (Å²) in [5.41, 5.74) is 6.09. The van der Waals surface area contributed by atoms with Crippen LogP contribution in [0.25, 0.3) is 0 Å². The van der Waals surface area contributed by atoms with Crippen molar-refractivity contribution in [2.45, 2.75) is 59.3 Å². The quantitative estimate of drug-likeness (QED) is 0.740. The number of piperidine rings is 1. The van der Waals surface area contributed by atoms with Crippen LogP contribution in [0.4, 0.5) is 0 Å². The van der Waals surface area contributed by atoms with E-state index in [-0.39, 0.29) is 0 Å². The van der Waals surface area contributed by atoms with Gasteiger partial charge in [0.2, 0.25) is 0 Å². The van der Waals surface area contributed by atoms with Crippen molar-refractivity contribution >= 4 is 0 Å². The van der Waals surface area contributed by atoms with E-state index in [1.165, 1.54) is 51.7 Å². The molecule has 1 unspecified atom stereocenters. The molecule has 1 fully saturated rings. The molecule has 102 valence electrons. The summed E-state index contributed by atoms with van der Waals surface area (Å²) in [5.74, 6) is 0.959. The lowest BCUT2D eigenvalue weighted by Gasteiger charge is -2.33. The van der Waals surface area contributed by atoms with Gasteiger partial charge in [-0.2, -0.15) is 0 Å². The number of hydrogen-bond donors (Lipinski definition) is 1. The van der Waals surface area contributed by atoms with E-state index < -0.39 is 0 Å². The molecule has 0 aromatic carbocycles. The van der Waals surface area contributed by atoms with Gasteiger partial charge < -0.3 is 10.6 Å². The standard InChI is InChI=1S/C15H32N2/c1-4-14-7-5-11-17(13-14)12-6-8-15(2,3)9-10-16/h14H,4-13,16H2,1-3H3. The number of rotatable bonds is 7. The van der Waals surface area contributed by atoms with Gasteiger partial charge in [0.1, 0.15) is 0 Å². The van der Waals surface area contributed by atoms with Crippen LogP contribution in [0, 0.1) is 11.3 Å². The topological polar surface area (TPSA) is 29.3 Å². The molecule has 0 radical (unpaired) electrons. The fourth-order valence-corrected chi connectivity index (χ4v) is 2.98. The van der Waals surface area contributed by atoms with Crippen LogP contribution < -0.4 is 5.73 Å². The van der Waals surface area contributed by atoms with Gasteiger partial charge in [-0.3, -0.25) is 0 Å². The minimum atomic E-state index is 0.439. The maximum absolute atomic E-state index is 5.65. The Hall–Kier alpha value is -0.0800. The van der Waals surface area contributed by atoms with Crippen molar-refractivity contribution in [3.05, 3.63) is 0 Å². The molecule has 0 amide bonds. The highest BCUT2D eigenvalue weighted by atomic mass is 15.1. The summed E-state index contributed by atoms with van der Waals surface area (Å²) >= 11 is 0. The number of likely N-dealkylation sites (tertiary alicyclic amines) is 1. The molecule has 2 nitrogen and oxygen atoms in total. The minimum Gasteiger partial charge on any atom is -0.330 e. The Kier molecular flexibility index (Phi) is 6.50. The fourth-order valence-electron chi connectivity index (χ4n) is 2.98. The van der Waals surface area contributed by atoms with Gasteiger partial charge in [0.15, 0.2) is 0 Å². The Morgan fingerprint density at radius 2 is 2.06 bits per heavy atom. The molecular formula is C15H32N2. The van der Waals surface area contributed by atoms with Crippen molar-refractivity contribution in [1.29, 1.82) is 0 Å². The van der Waals surface area contributed by atoms with Crippen molar-refractivity contribution in [2.75, 3.05) is 26.2 Å². The molecule has 0 aromatic heterocycles. The zero-order valence-electron chi connectivity index (χ0n) is 12.2. The van der Waals surface area contributed by atoms with Crippen molar-refractivity contribution < 1.29 is 0 Å². The number of nitrogens with two attached hydrogens (primary N) is 1. The van der Waals surface area contributed by atoms with Crippen LogP contribution in [0.15, 0.2) is 0 Å². The summed E-state index contributed by atoms with van der Waals surface area (Å²) in [6.45, 7) is 11.8. The highest BCUT2D eigenvalue weighted by molar-refractivity contribution is 4.74. The van der Waals surface area contributed by atoms with Crippen LogP contribution >= 0.6 is 0 Å². The molecule has 0 aliphatic carbocycles. The number of nitrogens with zero attached hydrogens (tertiary/aromatic N) is 1. The first-order valence-electron chi connectivity index (χ1n) is 7.50. The van der Waals surface area contributed by atoms with Gasteiger partial charge in [-0.05, 0) is 63.1 Å². The Bertz CT molecular complexity index is 201. The molecule has 2 N–H and O–H groups in total. The van der Waals surface area contributed by atoms with Crippen LogP contribution in [0.3, 0.4) is 0 Å². The molecule has 1 heterocycles. The van der Waals surface area contributed by atoms with Gasteiger partial charge in [-0.25, -0.2) is 0 Å². The predicted octanol–water partition coefficient (Wildman–Crippen LogP) is 3.26. The van der Waals surface area contributed by atoms with Crippen molar-refractivity contribution in [3.8, 4) is 0 Å². The van der Waals surface area contributed by atoms with Crippen LogP contribution in [0.5, 0.6) is 0 Å². The Morgan fingerprint density at radius 1 is 1.29 bits per heavy atom. The maximum Gasteiger partial charge on any atom is 0.000956 e. The third-order valence-corrected chi connectivity index (χ3v) is 4.33. The molecule has 1 atom stereocenters. The van der Waals surface area contributed by atoms with Gasteiger partial charge in [0.25, 0.3) is 0 Å². The second-order valence-corrected chi connectivity index (χ2v) is 6.52. The maximum atomic E-state index is 5.65. The van der Waals surface area contributed by atoms with Gasteiger partial charge in [-0.15, -0.1) is 0 Å². The van der Waals surface area contributed by atoms with Crippen LogP contribution in [0.1, 0.15) is 59.3 Å². The van der Waals surface area contributed by atoms with E-state index in [2.05, 4.69) is 25.7 Å². The Labute approximate surface area is 108 Å². The SMILES string of the molecule is CCC1CCCN(CCCC(C)(C)CCN)C1. The zero-order chi connectivity index (χ0) is 12.7. The molecule has 1 saturated heterocycles. The third kappa shape index (κ3) is 5.87. The molecule has 1 aliphatic heterocycles.